The number of carbonyl (C=O) groups is 2. The van der Waals surface area contributed by atoms with Crippen molar-refractivity contribution in [1.82, 2.24) is 15.1 Å². The second kappa shape index (κ2) is 5.43. The highest BCUT2D eigenvalue weighted by atomic mass is 16.5. The van der Waals surface area contributed by atoms with Gasteiger partial charge in [-0.1, -0.05) is 12.1 Å². The molecule has 3 amide bonds. The number of nitrogens with zero attached hydrogens (tertiary/aromatic N) is 2. The van der Waals surface area contributed by atoms with E-state index in [4.69, 9.17) is 9.15 Å². The van der Waals surface area contributed by atoms with Crippen LogP contribution in [-0.4, -0.2) is 61.1 Å². The zero-order chi connectivity index (χ0) is 16.8. The number of benzene rings is 1. The summed E-state index contributed by atoms with van der Waals surface area (Å²) in [6.45, 7) is 4.33. The predicted octanol–water partition coefficient (Wildman–Crippen LogP) is 1.60. The van der Waals surface area contributed by atoms with Crippen LogP contribution in [0.3, 0.4) is 0 Å². The van der Waals surface area contributed by atoms with E-state index < -0.39 is 0 Å². The molecule has 2 fully saturated rings. The lowest BCUT2D eigenvalue weighted by Gasteiger charge is -2.43. The van der Waals surface area contributed by atoms with E-state index in [1.807, 2.05) is 25.1 Å². The van der Waals surface area contributed by atoms with Crippen molar-refractivity contribution >= 4 is 22.9 Å². The molecule has 126 valence electrons. The normalized spacial score (nSPS) is 18.0. The van der Waals surface area contributed by atoms with Crippen LogP contribution in [0.1, 0.15) is 16.1 Å². The zero-order valence-corrected chi connectivity index (χ0v) is 13.7. The first-order chi connectivity index (χ1) is 11.6. The van der Waals surface area contributed by atoms with Gasteiger partial charge in [-0.25, -0.2) is 4.79 Å². The van der Waals surface area contributed by atoms with Gasteiger partial charge in [0.2, 0.25) is 0 Å². The van der Waals surface area contributed by atoms with Gasteiger partial charge >= 0.3 is 6.03 Å². The Balaban J connectivity index is 1.54. The molecule has 2 aliphatic heterocycles. The minimum Gasteiger partial charge on any atom is -0.493 e. The van der Waals surface area contributed by atoms with Crippen molar-refractivity contribution in [2.45, 2.75) is 13.0 Å². The molecule has 2 aromatic rings. The third-order valence-electron chi connectivity index (χ3n) is 4.82. The summed E-state index contributed by atoms with van der Waals surface area (Å²) in [5.41, 5.74) is 1.41. The largest absolute Gasteiger partial charge is 0.493 e. The average Bonchev–Trinajstić information content (AvgIpc) is 3.10. The average molecular weight is 329 g/mol. The second-order valence-electron chi connectivity index (χ2n) is 6.18. The minimum atomic E-state index is -0.137. The van der Waals surface area contributed by atoms with Gasteiger partial charge in [0.1, 0.15) is 0 Å². The third-order valence-corrected chi connectivity index (χ3v) is 4.82. The van der Waals surface area contributed by atoms with Gasteiger partial charge < -0.3 is 24.3 Å². The van der Waals surface area contributed by atoms with Gasteiger partial charge in [-0.15, -0.1) is 0 Å². The molecule has 0 spiro atoms. The molecule has 0 unspecified atom stereocenters. The van der Waals surface area contributed by atoms with Crippen LogP contribution >= 0.6 is 0 Å². The zero-order valence-electron chi connectivity index (χ0n) is 13.7. The Hall–Kier alpha value is -2.70. The molecular weight excluding hydrogens is 310 g/mol. The number of hydrogen-bond donors (Lipinski definition) is 1. The molecule has 2 aliphatic rings. The molecule has 0 bridgehead atoms. The second-order valence-corrected chi connectivity index (χ2v) is 6.18. The molecule has 0 saturated carbocycles. The van der Waals surface area contributed by atoms with Gasteiger partial charge in [-0.2, -0.15) is 0 Å². The number of methoxy groups -OCH3 is 1. The van der Waals surface area contributed by atoms with Crippen LogP contribution in [0.4, 0.5) is 4.79 Å². The standard InChI is InChI=1S/C17H19N3O4/c1-10-12-4-3-5-13(23-2)15(12)24-14(10)16(21)19-8-11(9-19)20-7-6-18-17(20)22/h3-5,11H,6-9H2,1-2H3,(H,18,22). The Bertz CT molecular complexity index is 823. The van der Waals surface area contributed by atoms with E-state index in [1.54, 1.807) is 16.9 Å². The summed E-state index contributed by atoms with van der Waals surface area (Å²) in [4.78, 5) is 27.9. The highest BCUT2D eigenvalue weighted by molar-refractivity contribution is 6.00. The molecule has 3 heterocycles. The van der Waals surface area contributed by atoms with Crippen molar-refractivity contribution in [3.05, 3.63) is 29.5 Å². The molecular formula is C17H19N3O4. The lowest BCUT2D eigenvalue weighted by Crippen LogP contribution is -2.61. The quantitative estimate of drug-likeness (QED) is 0.928. The summed E-state index contributed by atoms with van der Waals surface area (Å²) in [6, 6.07) is 5.66. The van der Waals surface area contributed by atoms with E-state index in [1.165, 1.54) is 0 Å². The first-order valence-corrected chi connectivity index (χ1v) is 8.00. The van der Waals surface area contributed by atoms with Crippen LogP contribution in [0.25, 0.3) is 11.0 Å². The lowest BCUT2D eigenvalue weighted by atomic mass is 10.1. The number of hydrogen-bond acceptors (Lipinski definition) is 4. The lowest BCUT2D eigenvalue weighted by molar-refractivity contribution is 0.0379. The highest BCUT2D eigenvalue weighted by Crippen LogP contribution is 2.33. The number of nitrogens with one attached hydrogen (secondary N) is 1. The van der Waals surface area contributed by atoms with Crippen LogP contribution in [0, 0.1) is 6.92 Å². The van der Waals surface area contributed by atoms with Gasteiger partial charge in [0, 0.05) is 37.1 Å². The summed E-state index contributed by atoms with van der Waals surface area (Å²) in [5.74, 6) is 0.824. The number of para-hydroxylation sites is 1. The first kappa shape index (κ1) is 14.9. The molecule has 7 heteroatoms. The van der Waals surface area contributed by atoms with E-state index in [0.29, 0.717) is 43.3 Å². The fourth-order valence-corrected chi connectivity index (χ4v) is 3.38. The highest BCUT2D eigenvalue weighted by Gasteiger charge is 2.40. The van der Waals surface area contributed by atoms with Crippen molar-refractivity contribution in [3.63, 3.8) is 0 Å². The van der Waals surface area contributed by atoms with Crippen LogP contribution < -0.4 is 10.1 Å². The molecule has 24 heavy (non-hydrogen) atoms. The van der Waals surface area contributed by atoms with Gasteiger partial charge in [0.15, 0.2) is 17.1 Å². The summed E-state index contributed by atoms with van der Waals surface area (Å²) in [5, 5.41) is 3.67. The van der Waals surface area contributed by atoms with Crippen LogP contribution in [0.15, 0.2) is 22.6 Å². The molecule has 0 aliphatic carbocycles. The number of amides is 3. The summed E-state index contributed by atoms with van der Waals surface area (Å²) >= 11 is 0. The summed E-state index contributed by atoms with van der Waals surface area (Å²) in [7, 11) is 1.58. The van der Waals surface area contributed by atoms with Crippen LogP contribution in [0.5, 0.6) is 5.75 Å². The van der Waals surface area contributed by atoms with Crippen molar-refractivity contribution in [2.24, 2.45) is 0 Å². The minimum absolute atomic E-state index is 0.0447. The van der Waals surface area contributed by atoms with Crippen LogP contribution in [-0.2, 0) is 0 Å². The maximum Gasteiger partial charge on any atom is 0.317 e. The van der Waals surface area contributed by atoms with Crippen molar-refractivity contribution < 1.29 is 18.7 Å². The molecule has 1 aromatic carbocycles. The number of ether oxygens (including phenoxy) is 1. The number of carbonyl (C=O) groups excluding carboxylic acids is 2. The Kier molecular flexibility index (Phi) is 3.37. The Morgan fingerprint density at radius 2 is 2.17 bits per heavy atom. The number of urea groups is 1. The van der Waals surface area contributed by atoms with Crippen LogP contribution in [0.2, 0.25) is 0 Å². The van der Waals surface area contributed by atoms with Gasteiger partial charge in [-0.3, -0.25) is 4.79 Å². The molecule has 4 rings (SSSR count). The smallest absolute Gasteiger partial charge is 0.317 e. The Morgan fingerprint density at radius 1 is 1.38 bits per heavy atom. The van der Waals surface area contributed by atoms with E-state index in [9.17, 15) is 9.59 Å². The van der Waals surface area contributed by atoms with Crippen molar-refractivity contribution in [2.75, 3.05) is 33.3 Å². The maximum atomic E-state index is 12.7. The number of likely N-dealkylation sites (tertiary alicyclic amines) is 1. The number of furan rings is 1. The first-order valence-electron chi connectivity index (χ1n) is 8.00. The number of fused-ring (bicyclic) bond motifs is 1. The summed E-state index contributed by atoms with van der Waals surface area (Å²) in [6.07, 6.45) is 0. The van der Waals surface area contributed by atoms with Gasteiger partial charge in [-0.05, 0) is 13.0 Å². The monoisotopic (exact) mass is 329 g/mol. The molecule has 0 atom stereocenters. The third kappa shape index (κ3) is 2.11. The van der Waals surface area contributed by atoms with E-state index in [2.05, 4.69) is 5.32 Å². The van der Waals surface area contributed by atoms with E-state index in [0.717, 1.165) is 10.9 Å². The van der Waals surface area contributed by atoms with Gasteiger partial charge in [0.25, 0.3) is 5.91 Å². The number of aryl methyl sites for hydroxylation is 1. The van der Waals surface area contributed by atoms with Crippen molar-refractivity contribution in [1.29, 1.82) is 0 Å². The van der Waals surface area contributed by atoms with E-state index >= 15 is 0 Å². The van der Waals surface area contributed by atoms with E-state index in [-0.39, 0.29) is 18.0 Å². The predicted molar refractivity (Wildman–Crippen MR) is 87.3 cm³/mol. The molecule has 7 nitrogen and oxygen atoms in total. The van der Waals surface area contributed by atoms with Crippen molar-refractivity contribution in [3.8, 4) is 5.75 Å². The molecule has 1 aromatic heterocycles. The topological polar surface area (TPSA) is 75.0 Å². The summed E-state index contributed by atoms with van der Waals surface area (Å²) < 4.78 is 11.1. The fraction of sp³-hybridized carbons (Fsp3) is 0.412. The SMILES string of the molecule is COc1cccc2c(C)c(C(=O)N3CC(N4CCNC4=O)C3)oc12. The maximum absolute atomic E-state index is 12.7. The number of rotatable bonds is 3. The Morgan fingerprint density at radius 3 is 2.83 bits per heavy atom. The Labute approximate surface area is 139 Å². The molecule has 0 radical (unpaired) electrons. The molecule has 2 saturated heterocycles. The fourth-order valence-electron chi connectivity index (χ4n) is 3.38. The molecule has 1 N–H and O–H groups in total. The van der Waals surface area contributed by atoms with Gasteiger partial charge in [0.05, 0.1) is 13.2 Å².